The minimum Gasteiger partial charge on any atom is -0.320 e. The van der Waals surface area contributed by atoms with Gasteiger partial charge in [0.25, 0.3) is 0 Å². The minimum absolute atomic E-state index is 0.0176. The molecule has 7 heteroatoms. The van der Waals surface area contributed by atoms with Crippen LogP contribution in [0.25, 0.3) is 0 Å². The Morgan fingerprint density at radius 2 is 2.00 bits per heavy atom. The molecule has 1 aliphatic carbocycles. The van der Waals surface area contributed by atoms with E-state index in [1.54, 1.807) is 0 Å². The van der Waals surface area contributed by atoms with E-state index in [0.717, 1.165) is 25.0 Å². The molecule has 2 rings (SSSR count). The highest BCUT2D eigenvalue weighted by Crippen LogP contribution is 2.31. The van der Waals surface area contributed by atoms with Crippen LogP contribution in [0.3, 0.4) is 0 Å². The summed E-state index contributed by atoms with van der Waals surface area (Å²) >= 11 is 0. The van der Waals surface area contributed by atoms with Gasteiger partial charge in [0.2, 0.25) is 21.5 Å². The van der Waals surface area contributed by atoms with Crippen LogP contribution in [0.2, 0.25) is 0 Å². The average molecular weight is 263 g/mol. The zero-order valence-corrected chi connectivity index (χ0v) is 9.86. The van der Waals surface area contributed by atoms with Gasteiger partial charge in [0.1, 0.15) is 0 Å². The third-order valence-corrected chi connectivity index (χ3v) is 4.04. The predicted octanol–water partition coefficient (Wildman–Crippen LogP) is 0.990. The third kappa shape index (κ3) is 2.92. The first-order valence-corrected chi connectivity index (χ1v) is 6.85. The average Bonchev–Trinajstić information content (AvgIpc) is 3.02. The Labute approximate surface area is 97.9 Å². The van der Waals surface area contributed by atoms with Crippen molar-refractivity contribution in [1.29, 1.82) is 0 Å². The molecule has 0 unspecified atom stereocenters. The summed E-state index contributed by atoms with van der Waals surface area (Å²) in [6, 6.07) is 2.05. The lowest BCUT2D eigenvalue weighted by Gasteiger charge is -2.08. The largest absolute Gasteiger partial charge is 0.320 e. The van der Waals surface area contributed by atoms with Crippen LogP contribution in [-0.2, 0) is 10.0 Å². The highest BCUT2D eigenvalue weighted by molar-refractivity contribution is 7.92. The van der Waals surface area contributed by atoms with E-state index in [0.29, 0.717) is 0 Å². The number of sulfonamides is 1. The van der Waals surface area contributed by atoms with Crippen LogP contribution in [0.5, 0.6) is 0 Å². The van der Waals surface area contributed by atoms with Crippen molar-refractivity contribution < 1.29 is 22.9 Å². The highest BCUT2D eigenvalue weighted by atomic mass is 32.2. The van der Waals surface area contributed by atoms with Crippen molar-refractivity contribution in [1.82, 2.24) is 0 Å². The molecule has 0 radical (unpaired) electrons. The van der Waals surface area contributed by atoms with E-state index >= 15 is 0 Å². The van der Waals surface area contributed by atoms with E-state index in [2.05, 4.69) is 10.5 Å². The van der Waals surface area contributed by atoms with E-state index in [-0.39, 0.29) is 17.4 Å². The molecule has 0 atom stereocenters. The van der Waals surface area contributed by atoms with E-state index in [4.69, 9.17) is 0 Å². The fourth-order valence-electron chi connectivity index (χ4n) is 1.48. The molecule has 1 aromatic rings. The van der Waals surface area contributed by atoms with E-state index < -0.39 is 27.3 Å². The Hall–Kier alpha value is -1.21. The Morgan fingerprint density at radius 3 is 2.59 bits per heavy atom. The molecule has 1 saturated carbocycles. The van der Waals surface area contributed by atoms with Gasteiger partial charge in [-0.15, -0.1) is 0 Å². The van der Waals surface area contributed by atoms with Gasteiger partial charge in [-0.1, -0.05) is 0 Å². The summed E-state index contributed by atoms with van der Waals surface area (Å²) in [5.41, 5.74) is 2.51. The number of hydrogen-bond donors (Lipinski definition) is 2. The van der Waals surface area contributed by atoms with Crippen LogP contribution in [0.4, 0.5) is 20.2 Å². The fraction of sp³-hybridized carbons (Fsp3) is 0.400. The summed E-state index contributed by atoms with van der Waals surface area (Å²) in [7, 11) is -3.56. The Kier molecular flexibility index (Phi) is 3.05. The molecule has 0 heterocycles. The lowest BCUT2D eigenvalue weighted by atomic mass is 10.2. The van der Waals surface area contributed by atoms with Crippen LogP contribution in [0.15, 0.2) is 12.1 Å². The number of rotatable bonds is 4. The molecular weight excluding hydrogens is 250 g/mol. The van der Waals surface area contributed by atoms with Gasteiger partial charge in [-0.05, 0) is 30.9 Å². The van der Waals surface area contributed by atoms with Gasteiger partial charge in [-0.25, -0.2) is 12.8 Å². The summed E-state index contributed by atoms with van der Waals surface area (Å²) in [5.74, 6) is -1.62. The van der Waals surface area contributed by atoms with Crippen molar-refractivity contribution in [2.75, 3.05) is 10.5 Å². The second kappa shape index (κ2) is 4.23. The van der Waals surface area contributed by atoms with E-state index in [1.807, 2.05) is 0 Å². The highest BCUT2D eigenvalue weighted by Gasteiger charge is 2.29. The molecule has 4 N–H and O–H groups in total. The maximum absolute atomic E-state index is 13.5. The number of hydrogen-bond acceptors (Lipinski definition) is 2. The van der Waals surface area contributed by atoms with Crippen LogP contribution in [0, 0.1) is 17.6 Å². The van der Waals surface area contributed by atoms with Crippen molar-refractivity contribution in [3.8, 4) is 0 Å². The number of benzene rings is 1. The van der Waals surface area contributed by atoms with Crippen LogP contribution in [0.1, 0.15) is 12.8 Å². The van der Waals surface area contributed by atoms with Gasteiger partial charge in [-0.2, -0.15) is 4.39 Å². The third-order valence-electron chi connectivity index (χ3n) is 2.60. The first kappa shape index (κ1) is 12.3. The molecule has 0 amide bonds. The van der Waals surface area contributed by atoms with Crippen LogP contribution < -0.4 is 10.5 Å². The zero-order chi connectivity index (χ0) is 12.6. The van der Waals surface area contributed by atoms with Crippen molar-refractivity contribution in [2.45, 2.75) is 12.8 Å². The SMILES string of the molecule is [NH3+]c1c(F)ccc(NS(=O)(=O)CC2CC2)c1F. The summed E-state index contributed by atoms with van der Waals surface area (Å²) in [6.45, 7) is 0. The Morgan fingerprint density at radius 1 is 1.35 bits per heavy atom. The van der Waals surface area contributed by atoms with Gasteiger partial charge in [0.15, 0.2) is 5.82 Å². The Balaban J connectivity index is 2.20. The Bertz CT molecular complexity index is 541. The molecule has 0 aromatic heterocycles. The molecular formula is C10H13F2N2O2S+. The number of quaternary nitrogens is 1. The quantitative estimate of drug-likeness (QED) is 0.850. The molecule has 1 fully saturated rings. The molecule has 1 aliphatic rings. The van der Waals surface area contributed by atoms with Gasteiger partial charge in [0.05, 0.1) is 11.4 Å². The van der Waals surface area contributed by atoms with Crippen molar-refractivity contribution in [3.05, 3.63) is 23.8 Å². The number of halogens is 2. The minimum atomic E-state index is -3.56. The topological polar surface area (TPSA) is 73.8 Å². The molecule has 0 spiro atoms. The smallest absolute Gasteiger partial charge is 0.233 e. The second-order valence-corrected chi connectivity index (χ2v) is 5.98. The van der Waals surface area contributed by atoms with Crippen LogP contribution in [-0.4, -0.2) is 14.2 Å². The molecule has 0 bridgehead atoms. The molecule has 94 valence electrons. The zero-order valence-electron chi connectivity index (χ0n) is 9.04. The number of anilines is 1. The lowest BCUT2D eigenvalue weighted by Crippen LogP contribution is -2.43. The van der Waals surface area contributed by atoms with Crippen LogP contribution >= 0.6 is 0 Å². The lowest BCUT2D eigenvalue weighted by molar-refractivity contribution is -0.262. The first-order chi connectivity index (χ1) is 7.89. The molecule has 17 heavy (non-hydrogen) atoms. The molecule has 1 aromatic carbocycles. The molecule has 0 aliphatic heterocycles. The monoisotopic (exact) mass is 263 g/mol. The molecule has 0 saturated heterocycles. The summed E-state index contributed by atoms with van der Waals surface area (Å²) in [4.78, 5) is 0. The standard InChI is InChI=1S/C10H12F2N2O2S/c11-7-3-4-8(9(12)10(7)13)14-17(15,16)5-6-1-2-6/h3-4,6,14H,1-2,5,13H2/p+1. The number of nitrogens with one attached hydrogen (secondary N) is 1. The van der Waals surface area contributed by atoms with Gasteiger partial charge in [0, 0.05) is 0 Å². The maximum atomic E-state index is 13.5. The maximum Gasteiger partial charge on any atom is 0.233 e. The van der Waals surface area contributed by atoms with E-state index in [1.165, 1.54) is 0 Å². The second-order valence-electron chi connectivity index (χ2n) is 4.21. The summed E-state index contributed by atoms with van der Waals surface area (Å²) < 4.78 is 51.8. The summed E-state index contributed by atoms with van der Waals surface area (Å²) in [5, 5.41) is 0. The summed E-state index contributed by atoms with van der Waals surface area (Å²) in [6.07, 6.45) is 1.76. The van der Waals surface area contributed by atoms with Crippen molar-refractivity contribution in [3.63, 3.8) is 0 Å². The molecule has 4 nitrogen and oxygen atoms in total. The fourth-order valence-corrected chi connectivity index (χ4v) is 3.01. The van der Waals surface area contributed by atoms with Crippen molar-refractivity contribution >= 4 is 21.4 Å². The normalized spacial score (nSPS) is 15.9. The van der Waals surface area contributed by atoms with Gasteiger partial charge in [-0.3, -0.25) is 4.72 Å². The van der Waals surface area contributed by atoms with Gasteiger partial charge < -0.3 is 5.73 Å². The predicted molar refractivity (Wildman–Crippen MR) is 59.0 cm³/mol. The van der Waals surface area contributed by atoms with Crippen molar-refractivity contribution in [2.24, 2.45) is 5.92 Å². The van der Waals surface area contributed by atoms with E-state index in [9.17, 15) is 17.2 Å². The first-order valence-electron chi connectivity index (χ1n) is 5.19. The van der Waals surface area contributed by atoms with Gasteiger partial charge >= 0.3 is 0 Å².